The normalized spacial score (nSPS) is 14.3. The Morgan fingerprint density at radius 3 is 2.19 bits per heavy atom. The highest BCUT2D eigenvalue weighted by Gasteiger charge is 2.37. The largest absolute Gasteiger partial charge is 0.853 e. The molecule has 0 spiro atoms. The second-order valence-corrected chi connectivity index (χ2v) is 9.82. The Hall–Kier alpha value is -0.840. The number of halogens is 4. The number of rotatable bonds is 3. The van der Waals surface area contributed by atoms with Crippen LogP contribution in [0.5, 0.6) is 0 Å². The summed E-state index contributed by atoms with van der Waals surface area (Å²) < 4.78 is 63.2. The molecule has 0 saturated carbocycles. The van der Waals surface area contributed by atoms with E-state index >= 15 is 0 Å². The van der Waals surface area contributed by atoms with Gasteiger partial charge in [-0.1, -0.05) is 12.1 Å². The minimum absolute atomic E-state index is 0.0657. The molecule has 0 saturated heterocycles. The van der Waals surface area contributed by atoms with Gasteiger partial charge in [-0.3, -0.25) is 0 Å². The number of hydrogen-bond acceptors (Lipinski definition) is 4. The van der Waals surface area contributed by atoms with E-state index in [1.807, 2.05) is 0 Å². The molecule has 0 aromatic heterocycles. The molecule has 0 aliphatic carbocycles. The van der Waals surface area contributed by atoms with Gasteiger partial charge in [0.15, 0.2) is 9.84 Å². The second-order valence-electron chi connectivity index (χ2n) is 5.02. The van der Waals surface area contributed by atoms with Crippen LogP contribution in [0.2, 0.25) is 0 Å². The molecular weight excluding hydrogens is 422 g/mol. The molecule has 21 heavy (non-hydrogen) atoms. The van der Waals surface area contributed by atoms with E-state index < -0.39 is 48.1 Å². The molecule has 0 unspecified atom stereocenters. The van der Waals surface area contributed by atoms with E-state index in [2.05, 4.69) is 3.21 Å². The van der Waals surface area contributed by atoms with Crippen LogP contribution in [-0.4, -0.2) is 25.2 Å². The maximum absolute atomic E-state index is 12.4. The molecule has 0 bridgehead atoms. The topological polar surface area (TPSA) is 69.6 Å². The maximum Gasteiger partial charge on any atom is 0.492 e. The van der Waals surface area contributed by atoms with Gasteiger partial charge in [-0.15, -0.1) is 0 Å². The van der Waals surface area contributed by atoms with Gasteiger partial charge in [0.2, 0.25) is 3.57 Å². The first-order valence-electron chi connectivity index (χ1n) is 5.67. The third-order valence-electron chi connectivity index (χ3n) is 2.38. The van der Waals surface area contributed by atoms with Crippen molar-refractivity contribution in [2.45, 2.75) is 36.6 Å². The zero-order chi connectivity index (χ0) is 16.5. The summed E-state index contributed by atoms with van der Waals surface area (Å²) in [5.41, 5.74) is 0. The van der Waals surface area contributed by atoms with Crippen LogP contribution in [0.1, 0.15) is 20.8 Å². The Balaban J connectivity index is 3.25. The number of alkyl halides is 3. The lowest BCUT2D eigenvalue weighted by Gasteiger charge is -2.18. The lowest BCUT2D eigenvalue weighted by atomic mass is 10.3. The maximum atomic E-state index is 12.4. The summed E-state index contributed by atoms with van der Waals surface area (Å²) in [6.07, 6.45) is -5.03. The molecule has 0 atom stereocenters. The molecule has 0 N–H and O–H groups in total. The molecule has 9 heteroatoms. The van der Waals surface area contributed by atoms with Gasteiger partial charge in [-0.25, -0.2) is 8.42 Å². The van der Waals surface area contributed by atoms with E-state index in [4.69, 9.17) is 0 Å². The van der Waals surface area contributed by atoms with E-state index in [1.54, 1.807) is 0 Å². The predicted octanol–water partition coefficient (Wildman–Crippen LogP) is -1.25. The summed E-state index contributed by atoms with van der Waals surface area (Å²) in [5.74, 6) is -2.18. The molecule has 0 heterocycles. The van der Waals surface area contributed by atoms with E-state index in [1.165, 1.54) is 45.0 Å². The summed E-state index contributed by atoms with van der Waals surface area (Å²) in [6, 6.07) is 5.70. The molecule has 0 aliphatic rings. The lowest BCUT2D eigenvalue weighted by molar-refractivity contribution is -0.640. The molecule has 0 amide bonds. The van der Waals surface area contributed by atoms with Crippen LogP contribution in [0.4, 0.5) is 13.2 Å². The van der Waals surface area contributed by atoms with Gasteiger partial charge in [0, 0.05) is 0 Å². The standard InChI is InChI=1S/C12H13F3INO3S/c1-11(2,3)21(19,20)9-7-5-4-6-8(9)16-17-10(18)12(13,14)15/h4-7H,1-3H3. The van der Waals surface area contributed by atoms with Gasteiger partial charge in [0.25, 0.3) is 0 Å². The van der Waals surface area contributed by atoms with Gasteiger partial charge in [0.05, 0.1) is 4.75 Å². The highest BCUT2D eigenvalue weighted by molar-refractivity contribution is 7.92. The van der Waals surface area contributed by atoms with Crippen LogP contribution in [0, 0.1) is 3.57 Å². The SMILES string of the molecule is CC(C)(C)S(=O)(=O)c1ccccc1[I+]/N=C(\[O-])C(F)(F)F. The highest BCUT2D eigenvalue weighted by Crippen LogP contribution is 2.24. The van der Waals surface area contributed by atoms with E-state index in [9.17, 15) is 26.7 Å². The Morgan fingerprint density at radius 2 is 1.71 bits per heavy atom. The summed E-state index contributed by atoms with van der Waals surface area (Å²) in [4.78, 5) is -0.0657. The van der Waals surface area contributed by atoms with Crippen LogP contribution >= 0.6 is 0 Å². The molecule has 0 aliphatic heterocycles. The van der Waals surface area contributed by atoms with Gasteiger partial charge >= 0.3 is 27.7 Å². The van der Waals surface area contributed by atoms with Crippen molar-refractivity contribution in [3.8, 4) is 0 Å². The first kappa shape index (κ1) is 18.2. The number of nitrogens with zero attached hydrogens (tertiary/aromatic N) is 1. The second kappa shape index (κ2) is 6.11. The molecule has 1 aromatic carbocycles. The van der Waals surface area contributed by atoms with Gasteiger partial charge in [-0.05, 0) is 36.1 Å². The van der Waals surface area contributed by atoms with E-state index in [0.29, 0.717) is 0 Å². The molecule has 118 valence electrons. The molecule has 1 rings (SSSR count). The highest BCUT2D eigenvalue weighted by atomic mass is 127. The van der Waals surface area contributed by atoms with Crippen molar-refractivity contribution >= 4 is 15.7 Å². The van der Waals surface area contributed by atoms with Crippen LogP contribution < -0.4 is 26.6 Å². The van der Waals surface area contributed by atoms with Crippen molar-refractivity contribution < 1.29 is 48.2 Å². The van der Waals surface area contributed by atoms with Crippen LogP contribution in [0.3, 0.4) is 0 Å². The van der Waals surface area contributed by atoms with Crippen LogP contribution in [-0.2, 0) is 9.84 Å². The van der Waals surface area contributed by atoms with Crippen molar-refractivity contribution in [2.75, 3.05) is 0 Å². The summed E-state index contributed by atoms with van der Waals surface area (Å²) >= 11 is -1.74. The fraction of sp³-hybridized carbons (Fsp3) is 0.417. The third-order valence-corrected chi connectivity index (χ3v) is 7.44. The van der Waals surface area contributed by atoms with Gasteiger partial charge in [-0.2, -0.15) is 13.2 Å². The van der Waals surface area contributed by atoms with Gasteiger partial charge in [0.1, 0.15) is 10.8 Å². The number of hydrogen-bond donors (Lipinski definition) is 0. The average Bonchev–Trinajstić information content (AvgIpc) is 2.33. The number of benzene rings is 1. The molecule has 0 fully saturated rings. The zero-order valence-electron chi connectivity index (χ0n) is 11.4. The van der Waals surface area contributed by atoms with Crippen molar-refractivity contribution in [3.05, 3.63) is 27.8 Å². The van der Waals surface area contributed by atoms with E-state index in [-0.39, 0.29) is 8.47 Å². The fourth-order valence-electron chi connectivity index (χ4n) is 1.19. The third kappa shape index (κ3) is 4.31. The van der Waals surface area contributed by atoms with Crippen molar-refractivity contribution in [2.24, 2.45) is 3.21 Å². The molecule has 1 aromatic rings. The zero-order valence-corrected chi connectivity index (χ0v) is 14.4. The molecular formula is C12H13F3INO3S. The summed E-state index contributed by atoms with van der Waals surface area (Å²) in [5, 5.41) is 10.8. The van der Waals surface area contributed by atoms with Crippen molar-refractivity contribution in [1.82, 2.24) is 0 Å². The fourth-order valence-corrected chi connectivity index (χ4v) is 5.08. The minimum Gasteiger partial charge on any atom is -0.853 e. The molecule has 4 nitrogen and oxygen atoms in total. The predicted molar refractivity (Wildman–Crippen MR) is 65.6 cm³/mol. The smallest absolute Gasteiger partial charge is 0.492 e. The molecule has 0 radical (unpaired) electrons. The summed E-state index contributed by atoms with van der Waals surface area (Å²) in [6.45, 7) is 4.49. The first-order valence-corrected chi connectivity index (χ1v) is 9.20. The Labute approximate surface area is 131 Å². The number of sulfone groups is 1. The van der Waals surface area contributed by atoms with Crippen LogP contribution in [0.25, 0.3) is 0 Å². The van der Waals surface area contributed by atoms with Crippen molar-refractivity contribution in [1.29, 1.82) is 0 Å². The first-order chi connectivity index (χ1) is 9.37. The van der Waals surface area contributed by atoms with Crippen molar-refractivity contribution in [3.63, 3.8) is 0 Å². The monoisotopic (exact) mass is 435 g/mol. The lowest BCUT2D eigenvalue weighted by Crippen LogP contribution is -3.59. The summed E-state index contributed by atoms with van der Waals surface area (Å²) in [7, 11) is -3.72. The van der Waals surface area contributed by atoms with E-state index in [0.717, 1.165) is 0 Å². The Kier molecular flexibility index (Phi) is 5.30. The Morgan fingerprint density at radius 1 is 1.19 bits per heavy atom. The Bertz CT molecular complexity index is 648. The van der Waals surface area contributed by atoms with Gasteiger partial charge < -0.3 is 5.11 Å². The minimum atomic E-state index is -5.03. The van der Waals surface area contributed by atoms with Crippen LogP contribution in [0.15, 0.2) is 32.4 Å². The average molecular weight is 435 g/mol. The quantitative estimate of drug-likeness (QED) is 0.339.